The smallest absolute Gasteiger partial charge is 0.311 e. The fourth-order valence-electron chi connectivity index (χ4n) is 5.25. The molecule has 0 amide bonds. The van der Waals surface area contributed by atoms with Gasteiger partial charge in [-0.2, -0.15) is 0 Å². The summed E-state index contributed by atoms with van der Waals surface area (Å²) in [6.45, 7) is 0.626. The zero-order chi connectivity index (χ0) is 26.2. The molecular formula is C30H24ClN3O4. The molecule has 2 heterocycles. The molecule has 0 radical (unpaired) electrons. The maximum absolute atomic E-state index is 12.1. The topological polar surface area (TPSA) is 89.4 Å². The molecule has 2 unspecified atom stereocenters. The van der Waals surface area contributed by atoms with E-state index in [-0.39, 0.29) is 23.4 Å². The van der Waals surface area contributed by atoms with Crippen LogP contribution in [0.25, 0.3) is 10.9 Å². The van der Waals surface area contributed by atoms with Gasteiger partial charge in [-0.1, -0.05) is 54.1 Å². The predicted octanol–water partition coefficient (Wildman–Crippen LogP) is 7.35. The van der Waals surface area contributed by atoms with Gasteiger partial charge in [0.2, 0.25) is 5.75 Å². The van der Waals surface area contributed by atoms with Crippen molar-refractivity contribution in [2.24, 2.45) is 0 Å². The number of benzene rings is 4. The van der Waals surface area contributed by atoms with Crippen LogP contribution in [-0.4, -0.2) is 23.6 Å². The number of halogens is 1. The van der Waals surface area contributed by atoms with Crippen LogP contribution in [0.3, 0.4) is 0 Å². The third-order valence-electron chi connectivity index (χ3n) is 7.02. The van der Waals surface area contributed by atoms with E-state index in [0.29, 0.717) is 23.1 Å². The van der Waals surface area contributed by atoms with Crippen molar-refractivity contribution in [1.82, 2.24) is 10.3 Å². The van der Waals surface area contributed by atoms with E-state index in [1.807, 2.05) is 42.5 Å². The van der Waals surface area contributed by atoms with Crippen LogP contribution in [0.2, 0.25) is 5.02 Å². The number of nitro benzene ring substituents is 1. The molecular weight excluding hydrogens is 502 g/mol. The average Bonchev–Trinajstić information content (AvgIpc) is 3.33. The second-order valence-corrected chi connectivity index (χ2v) is 9.58. The molecule has 0 spiro atoms. The van der Waals surface area contributed by atoms with Gasteiger partial charge in [0.25, 0.3) is 0 Å². The monoisotopic (exact) mass is 525 g/mol. The fraction of sp³-hybridized carbons (Fsp3) is 0.133. The normalized spacial score (nSPS) is 16.7. The molecule has 1 aromatic heterocycles. The Morgan fingerprint density at radius 1 is 0.947 bits per heavy atom. The first kappa shape index (κ1) is 24.0. The number of fused-ring (bicyclic) bond motifs is 3. The summed E-state index contributed by atoms with van der Waals surface area (Å²) < 4.78 is 11.1. The first-order valence-electron chi connectivity index (χ1n) is 12.2. The summed E-state index contributed by atoms with van der Waals surface area (Å²) in [7, 11) is 1.58. The fourth-order valence-corrected chi connectivity index (χ4v) is 5.52. The Hall–Kier alpha value is -4.33. The Kier molecular flexibility index (Phi) is 6.23. The SMILES string of the molecule is COc1ccc(Oc2ccc(C3NCC(c4ccccc4Cl)c4c3[nH]c3ccccc43)cc2[N+](=O)[O-])cc1. The minimum Gasteiger partial charge on any atom is -0.497 e. The van der Waals surface area contributed by atoms with E-state index in [1.54, 1.807) is 43.5 Å². The molecule has 8 heteroatoms. The molecule has 0 aliphatic carbocycles. The number of hydrogen-bond donors (Lipinski definition) is 2. The summed E-state index contributed by atoms with van der Waals surface area (Å²) >= 11 is 6.62. The van der Waals surface area contributed by atoms with Gasteiger partial charge in [-0.05, 0) is 59.2 Å². The Labute approximate surface area is 224 Å². The maximum atomic E-state index is 12.1. The van der Waals surface area contributed by atoms with Crippen molar-refractivity contribution >= 4 is 28.2 Å². The second kappa shape index (κ2) is 9.85. The van der Waals surface area contributed by atoms with Gasteiger partial charge in [0, 0.05) is 40.1 Å². The van der Waals surface area contributed by atoms with Gasteiger partial charge < -0.3 is 19.8 Å². The van der Waals surface area contributed by atoms with E-state index in [1.165, 1.54) is 0 Å². The number of hydrogen-bond acceptors (Lipinski definition) is 5. The number of aromatic amines is 1. The Balaban J connectivity index is 1.42. The third kappa shape index (κ3) is 4.26. The van der Waals surface area contributed by atoms with Crippen molar-refractivity contribution in [3.05, 3.63) is 129 Å². The molecule has 5 aromatic rings. The van der Waals surface area contributed by atoms with E-state index in [0.717, 1.165) is 33.3 Å². The highest BCUT2D eigenvalue weighted by molar-refractivity contribution is 6.31. The van der Waals surface area contributed by atoms with Crippen molar-refractivity contribution in [3.8, 4) is 17.2 Å². The lowest BCUT2D eigenvalue weighted by molar-refractivity contribution is -0.385. The molecule has 0 saturated heterocycles. The molecule has 38 heavy (non-hydrogen) atoms. The number of aromatic nitrogens is 1. The van der Waals surface area contributed by atoms with E-state index in [9.17, 15) is 10.1 Å². The van der Waals surface area contributed by atoms with E-state index >= 15 is 0 Å². The quantitative estimate of drug-likeness (QED) is 0.179. The minimum atomic E-state index is -0.413. The third-order valence-corrected chi connectivity index (χ3v) is 7.37. The molecule has 6 rings (SSSR count). The number of methoxy groups -OCH3 is 1. The highest BCUT2D eigenvalue weighted by Gasteiger charge is 2.34. The molecule has 2 N–H and O–H groups in total. The molecule has 1 aliphatic rings. The van der Waals surface area contributed by atoms with Gasteiger partial charge in [0.1, 0.15) is 11.5 Å². The number of nitrogens with zero attached hydrogens (tertiary/aromatic N) is 1. The lowest BCUT2D eigenvalue weighted by atomic mass is 9.83. The molecule has 1 aliphatic heterocycles. The zero-order valence-electron chi connectivity index (χ0n) is 20.5. The number of nitrogens with one attached hydrogen (secondary N) is 2. The van der Waals surface area contributed by atoms with Gasteiger partial charge in [-0.25, -0.2) is 0 Å². The van der Waals surface area contributed by atoms with Crippen LogP contribution in [0.1, 0.15) is 34.3 Å². The number of H-pyrrole nitrogens is 1. The van der Waals surface area contributed by atoms with Gasteiger partial charge >= 0.3 is 5.69 Å². The van der Waals surface area contributed by atoms with Gasteiger partial charge in [0.05, 0.1) is 18.1 Å². The van der Waals surface area contributed by atoms with E-state index < -0.39 is 4.92 Å². The largest absolute Gasteiger partial charge is 0.497 e. The van der Waals surface area contributed by atoms with Gasteiger partial charge in [-0.3, -0.25) is 10.1 Å². The second-order valence-electron chi connectivity index (χ2n) is 9.18. The number of rotatable bonds is 6. The lowest BCUT2D eigenvalue weighted by Gasteiger charge is -2.31. The average molecular weight is 526 g/mol. The van der Waals surface area contributed by atoms with E-state index in [2.05, 4.69) is 22.4 Å². The van der Waals surface area contributed by atoms with Crippen molar-refractivity contribution in [3.63, 3.8) is 0 Å². The highest BCUT2D eigenvalue weighted by atomic mass is 35.5. The maximum Gasteiger partial charge on any atom is 0.311 e. The first-order chi connectivity index (χ1) is 18.5. The lowest BCUT2D eigenvalue weighted by Crippen LogP contribution is -2.34. The summed E-state index contributed by atoms with van der Waals surface area (Å²) in [4.78, 5) is 15.2. The Morgan fingerprint density at radius 2 is 1.68 bits per heavy atom. The molecule has 0 fully saturated rings. The van der Waals surface area contributed by atoms with Crippen LogP contribution in [-0.2, 0) is 0 Å². The van der Waals surface area contributed by atoms with Crippen LogP contribution in [0, 0.1) is 10.1 Å². The van der Waals surface area contributed by atoms with E-state index in [4.69, 9.17) is 21.1 Å². The number of para-hydroxylation sites is 1. The molecule has 0 bridgehead atoms. The number of nitro groups is 1. The van der Waals surface area contributed by atoms with Crippen molar-refractivity contribution in [2.75, 3.05) is 13.7 Å². The van der Waals surface area contributed by atoms with Crippen LogP contribution in [0.4, 0.5) is 5.69 Å². The van der Waals surface area contributed by atoms with Crippen molar-refractivity contribution < 1.29 is 14.4 Å². The zero-order valence-corrected chi connectivity index (χ0v) is 21.2. The summed E-state index contributed by atoms with van der Waals surface area (Å²) in [5.41, 5.74) is 4.84. The van der Waals surface area contributed by atoms with Gasteiger partial charge in [0.15, 0.2) is 0 Å². The van der Waals surface area contributed by atoms with Crippen LogP contribution in [0.5, 0.6) is 17.2 Å². The van der Waals surface area contributed by atoms with Crippen molar-refractivity contribution in [2.45, 2.75) is 12.0 Å². The molecule has 4 aromatic carbocycles. The molecule has 7 nitrogen and oxygen atoms in total. The summed E-state index contributed by atoms with van der Waals surface area (Å²) in [5.74, 6) is 1.36. The molecule has 190 valence electrons. The predicted molar refractivity (Wildman–Crippen MR) is 148 cm³/mol. The summed E-state index contributed by atoms with van der Waals surface area (Å²) in [6.07, 6.45) is 0. The van der Waals surface area contributed by atoms with Crippen molar-refractivity contribution in [1.29, 1.82) is 0 Å². The van der Waals surface area contributed by atoms with Gasteiger partial charge in [-0.15, -0.1) is 0 Å². The van der Waals surface area contributed by atoms with Crippen LogP contribution >= 0.6 is 11.6 Å². The first-order valence-corrected chi connectivity index (χ1v) is 12.6. The highest BCUT2D eigenvalue weighted by Crippen LogP contribution is 2.44. The van der Waals surface area contributed by atoms with Crippen LogP contribution < -0.4 is 14.8 Å². The number of ether oxygens (including phenoxy) is 2. The molecule has 2 atom stereocenters. The summed E-state index contributed by atoms with van der Waals surface area (Å²) in [6, 6.07) is 27.8. The minimum absolute atomic E-state index is 0.0266. The summed E-state index contributed by atoms with van der Waals surface area (Å²) in [5, 5.41) is 17.5. The Morgan fingerprint density at radius 3 is 2.45 bits per heavy atom. The Bertz CT molecular complexity index is 1650. The van der Waals surface area contributed by atoms with Crippen LogP contribution in [0.15, 0.2) is 91.0 Å². The molecule has 0 saturated carbocycles. The standard InChI is InChI=1S/C30H24ClN3O4/c1-37-19-11-13-20(14-12-19)38-27-15-10-18(16-26(27)34(35)36)29-30-28(22-7-3-5-9-25(22)33-30)23(17-32-29)21-6-2-4-8-24(21)31/h2-16,23,29,32-33H,17H2,1H3.